The maximum atomic E-state index is 6.09. The lowest BCUT2D eigenvalue weighted by molar-refractivity contribution is 0.0936. The predicted octanol–water partition coefficient (Wildman–Crippen LogP) is 3.92. The second kappa shape index (κ2) is 4.82. The molecule has 1 aliphatic carbocycles. The van der Waals surface area contributed by atoms with E-state index in [1.807, 2.05) is 0 Å². The van der Waals surface area contributed by atoms with E-state index in [0.29, 0.717) is 6.04 Å². The van der Waals surface area contributed by atoms with Crippen molar-refractivity contribution in [1.29, 1.82) is 0 Å². The van der Waals surface area contributed by atoms with Crippen LogP contribution < -0.4 is 10.1 Å². The van der Waals surface area contributed by atoms with Crippen LogP contribution in [0.1, 0.15) is 51.6 Å². The van der Waals surface area contributed by atoms with Gasteiger partial charge in [0.2, 0.25) is 0 Å². The van der Waals surface area contributed by atoms with Gasteiger partial charge in [-0.15, -0.1) is 0 Å². The highest BCUT2D eigenvalue weighted by Crippen LogP contribution is 2.43. The van der Waals surface area contributed by atoms with Crippen LogP contribution in [-0.2, 0) is 0 Å². The van der Waals surface area contributed by atoms with E-state index in [2.05, 4.69) is 50.4 Å². The maximum absolute atomic E-state index is 6.09. The highest BCUT2D eigenvalue weighted by molar-refractivity contribution is 5.42. The Bertz CT molecular complexity index is 454. The summed E-state index contributed by atoms with van der Waals surface area (Å²) in [7, 11) is 0. The Kier molecular flexibility index (Phi) is 3.30. The van der Waals surface area contributed by atoms with E-state index in [1.165, 1.54) is 24.8 Å². The van der Waals surface area contributed by atoms with Crippen LogP contribution in [-0.4, -0.2) is 12.1 Å². The van der Waals surface area contributed by atoms with Gasteiger partial charge < -0.3 is 10.1 Å². The van der Waals surface area contributed by atoms with Crippen molar-refractivity contribution in [3.05, 3.63) is 29.8 Å². The molecule has 0 spiro atoms. The van der Waals surface area contributed by atoms with Crippen LogP contribution in [0.25, 0.3) is 0 Å². The van der Waals surface area contributed by atoms with E-state index >= 15 is 0 Å². The molecule has 1 heterocycles. The van der Waals surface area contributed by atoms with Crippen LogP contribution >= 0.6 is 0 Å². The Hall–Kier alpha value is -1.02. The zero-order valence-corrected chi connectivity index (χ0v) is 12.3. The Balaban J connectivity index is 1.72. The molecule has 0 bridgehead atoms. The fourth-order valence-corrected chi connectivity index (χ4v) is 3.68. The lowest BCUT2D eigenvalue weighted by Gasteiger charge is -2.29. The van der Waals surface area contributed by atoms with Crippen molar-refractivity contribution in [2.45, 2.75) is 51.7 Å². The highest BCUT2D eigenvalue weighted by atomic mass is 16.5. The van der Waals surface area contributed by atoms with Crippen molar-refractivity contribution >= 4 is 0 Å². The Labute approximate surface area is 116 Å². The van der Waals surface area contributed by atoms with Gasteiger partial charge in [-0.25, -0.2) is 0 Å². The summed E-state index contributed by atoms with van der Waals surface area (Å²) < 4.78 is 6.09. The molecule has 1 aliphatic heterocycles. The molecule has 1 N–H and O–H groups in total. The molecule has 3 unspecified atom stereocenters. The molecule has 2 heteroatoms. The monoisotopic (exact) mass is 259 g/mol. The number of nitrogens with one attached hydrogen (secondary N) is 1. The molecule has 0 radical (unpaired) electrons. The molecule has 1 aromatic carbocycles. The number of hydrogen-bond donors (Lipinski definition) is 1. The summed E-state index contributed by atoms with van der Waals surface area (Å²) in [5.74, 6) is 2.75. The molecular weight excluding hydrogens is 234 g/mol. The fraction of sp³-hybridized carbons (Fsp3) is 0.647. The van der Waals surface area contributed by atoms with Gasteiger partial charge in [0.25, 0.3) is 0 Å². The number of ether oxygens (including phenoxy) is 1. The van der Waals surface area contributed by atoms with Gasteiger partial charge in [0, 0.05) is 5.56 Å². The Morgan fingerprint density at radius 2 is 2.05 bits per heavy atom. The fourth-order valence-electron chi connectivity index (χ4n) is 3.68. The van der Waals surface area contributed by atoms with E-state index in [-0.39, 0.29) is 5.60 Å². The number of hydrogen-bond acceptors (Lipinski definition) is 2. The Morgan fingerprint density at radius 1 is 1.26 bits per heavy atom. The summed E-state index contributed by atoms with van der Waals surface area (Å²) in [6, 6.07) is 8.75. The normalized spacial score (nSPS) is 32.1. The molecule has 3 atom stereocenters. The summed E-state index contributed by atoms with van der Waals surface area (Å²) in [5.41, 5.74) is 1.17. The summed E-state index contributed by atoms with van der Waals surface area (Å²) in [5, 5.41) is 3.78. The molecule has 2 nitrogen and oxygen atoms in total. The van der Waals surface area contributed by atoms with E-state index < -0.39 is 0 Å². The van der Waals surface area contributed by atoms with Crippen LogP contribution in [0.3, 0.4) is 0 Å². The average Bonchev–Trinajstić information content (AvgIpc) is 2.87. The number of fused-ring (bicyclic) bond motifs is 1. The third-order valence-electron chi connectivity index (χ3n) is 4.92. The van der Waals surface area contributed by atoms with Crippen molar-refractivity contribution in [3.8, 4) is 5.75 Å². The Morgan fingerprint density at radius 3 is 2.79 bits per heavy atom. The van der Waals surface area contributed by atoms with E-state index in [1.54, 1.807) is 0 Å². The van der Waals surface area contributed by atoms with Crippen LogP contribution in [0, 0.1) is 11.8 Å². The highest BCUT2D eigenvalue weighted by Gasteiger charge is 2.41. The quantitative estimate of drug-likeness (QED) is 0.888. The van der Waals surface area contributed by atoms with E-state index in [9.17, 15) is 0 Å². The molecule has 0 aromatic heterocycles. The van der Waals surface area contributed by atoms with Gasteiger partial charge in [-0.3, -0.25) is 0 Å². The first-order chi connectivity index (χ1) is 9.08. The van der Waals surface area contributed by atoms with E-state index in [4.69, 9.17) is 4.74 Å². The summed E-state index contributed by atoms with van der Waals surface area (Å²) >= 11 is 0. The molecule has 3 rings (SSSR count). The minimum absolute atomic E-state index is 0.147. The molecule has 0 saturated heterocycles. The first kappa shape index (κ1) is 13.0. The van der Waals surface area contributed by atoms with E-state index in [0.717, 1.165) is 24.1 Å². The van der Waals surface area contributed by atoms with Gasteiger partial charge in [-0.05, 0) is 44.7 Å². The molecule has 104 valence electrons. The lowest BCUT2D eigenvalue weighted by atomic mass is 9.92. The number of benzene rings is 1. The van der Waals surface area contributed by atoms with Crippen LogP contribution in [0.2, 0.25) is 0 Å². The summed E-state index contributed by atoms with van der Waals surface area (Å²) in [4.78, 5) is 0. The third kappa shape index (κ3) is 2.38. The minimum atomic E-state index is -0.147. The van der Waals surface area contributed by atoms with Gasteiger partial charge in [-0.2, -0.15) is 0 Å². The largest absolute Gasteiger partial charge is 0.486 e. The van der Waals surface area contributed by atoms with Crippen molar-refractivity contribution < 1.29 is 4.74 Å². The lowest BCUT2D eigenvalue weighted by Crippen LogP contribution is -2.41. The number of rotatable bonds is 3. The third-order valence-corrected chi connectivity index (χ3v) is 4.92. The molecule has 0 amide bonds. The van der Waals surface area contributed by atoms with Crippen LogP contribution in [0.15, 0.2) is 24.3 Å². The molecule has 2 aliphatic rings. The molecule has 1 saturated carbocycles. The average molecular weight is 259 g/mol. The van der Waals surface area contributed by atoms with Crippen molar-refractivity contribution in [1.82, 2.24) is 5.32 Å². The molecular formula is C17H25NO. The standard InChI is InChI=1S/C17H25NO/c1-12-7-6-8-13(12)11-18-16-14-9-4-5-10-15(14)19-17(16,2)3/h4-5,9-10,12-13,16,18H,6-8,11H2,1-3H3. The first-order valence-electron chi connectivity index (χ1n) is 7.59. The first-order valence-corrected chi connectivity index (χ1v) is 7.59. The van der Waals surface area contributed by atoms with Gasteiger partial charge in [0.05, 0.1) is 6.04 Å². The topological polar surface area (TPSA) is 21.3 Å². The smallest absolute Gasteiger partial charge is 0.125 e. The van der Waals surface area contributed by atoms with Crippen molar-refractivity contribution in [2.75, 3.05) is 6.54 Å². The van der Waals surface area contributed by atoms with Gasteiger partial charge >= 0.3 is 0 Å². The molecule has 1 aromatic rings. The van der Waals surface area contributed by atoms with Gasteiger partial charge in [-0.1, -0.05) is 38.0 Å². The SMILES string of the molecule is CC1CCCC1CNC1c2ccccc2OC1(C)C. The summed E-state index contributed by atoms with van der Waals surface area (Å²) in [6.07, 6.45) is 4.17. The van der Waals surface area contributed by atoms with Gasteiger partial charge in [0.15, 0.2) is 0 Å². The van der Waals surface area contributed by atoms with Crippen molar-refractivity contribution in [2.24, 2.45) is 11.8 Å². The van der Waals surface area contributed by atoms with Crippen LogP contribution in [0.4, 0.5) is 0 Å². The summed E-state index contributed by atoms with van der Waals surface area (Å²) in [6.45, 7) is 7.88. The minimum Gasteiger partial charge on any atom is -0.486 e. The zero-order valence-electron chi connectivity index (χ0n) is 12.3. The van der Waals surface area contributed by atoms with Crippen LogP contribution in [0.5, 0.6) is 5.75 Å². The molecule has 1 fully saturated rings. The number of para-hydroxylation sites is 1. The predicted molar refractivity (Wildman–Crippen MR) is 78.4 cm³/mol. The second-order valence-corrected chi connectivity index (χ2v) is 6.75. The van der Waals surface area contributed by atoms with Crippen molar-refractivity contribution in [3.63, 3.8) is 0 Å². The zero-order chi connectivity index (χ0) is 13.5. The molecule has 19 heavy (non-hydrogen) atoms. The maximum Gasteiger partial charge on any atom is 0.125 e. The second-order valence-electron chi connectivity index (χ2n) is 6.75. The van der Waals surface area contributed by atoms with Gasteiger partial charge in [0.1, 0.15) is 11.4 Å².